The van der Waals surface area contributed by atoms with E-state index >= 15 is 0 Å². The summed E-state index contributed by atoms with van der Waals surface area (Å²) in [7, 11) is 0. The molecule has 0 fully saturated rings. The summed E-state index contributed by atoms with van der Waals surface area (Å²) < 4.78 is 0. The molecule has 0 saturated carbocycles. The number of unbranched alkanes of at least 4 members (excludes halogenated alkanes) is 4. The molecule has 0 radical (unpaired) electrons. The molecule has 0 unspecified atom stereocenters. The Labute approximate surface area is 73.9 Å². The summed E-state index contributed by atoms with van der Waals surface area (Å²) in [6.45, 7) is 2.15. The molecule has 0 spiro atoms. The monoisotopic (exact) mass is 176 g/mol. The number of hydrogen-bond donors (Lipinski definition) is 3. The van der Waals surface area contributed by atoms with Gasteiger partial charge in [0, 0.05) is 6.42 Å². The molecule has 0 saturated heterocycles. The second-order valence-corrected chi connectivity index (χ2v) is 2.56. The van der Waals surface area contributed by atoms with E-state index in [9.17, 15) is 4.79 Å². The van der Waals surface area contributed by atoms with Crippen molar-refractivity contribution in [3.05, 3.63) is 0 Å². The van der Waals surface area contributed by atoms with Crippen LogP contribution in [0.4, 0.5) is 0 Å². The van der Waals surface area contributed by atoms with Crippen molar-refractivity contribution in [1.29, 1.82) is 0 Å². The molecule has 0 rings (SSSR count). The third kappa shape index (κ3) is 16.2. The molecule has 5 N–H and O–H groups in total. The van der Waals surface area contributed by atoms with Crippen LogP contribution >= 0.6 is 0 Å². The quantitative estimate of drug-likeness (QED) is 0.323. The predicted molar refractivity (Wildman–Crippen MR) is 49.4 cm³/mol. The third-order valence-electron chi connectivity index (χ3n) is 1.49. The number of carbonyl (C=O) groups is 1. The summed E-state index contributed by atoms with van der Waals surface area (Å²) in [5.74, 6) is 7.33. The van der Waals surface area contributed by atoms with Gasteiger partial charge in [-0.3, -0.25) is 16.5 Å². The molecule has 4 nitrogen and oxygen atoms in total. The van der Waals surface area contributed by atoms with Crippen LogP contribution in [0.2, 0.25) is 0 Å². The molecule has 0 aliphatic rings. The zero-order valence-corrected chi connectivity index (χ0v) is 7.75. The van der Waals surface area contributed by atoms with Gasteiger partial charge >= 0.3 is 5.97 Å². The van der Waals surface area contributed by atoms with Crippen molar-refractivity contribution in [2.75, 3.05) is 0 Å². The van der Waals surface area contributed by atoms with E-state index in [4.69, 9.17) is 5.11 Å². The van der Waals surface area contributed by atoms with Crippen LogP contribution in [0.3, 0.4) is 0 Å². The van der Waals surface area contributed by atoms with E-state index in [1.807, 2.05) is 0 Å². The van der Waals surface area contributed by atoms with Crippen molar-refractivity contribution in [3.63, 3.8) is 0 Å². The lowest BCUT2D eigenvalue weighted by Gasteiger charge is -1.95. The van der Waals surface area contributed by atoms with Gasteiger partial charge in [-0.1, -0.05) is 32.6 Å². The molecular weight excluding hydrogens is 156 g/mol. The maximum atomic E-state index is 10.0. The smallest absolute Gasteiger partial charge is 0.303 e. The summed E-state index contributed by atoms with van der Waals surface area (Å²) in [6, 6.07) is 0. The van der Waals surface area contributed by atoms with Gasteiger partial charge in [-0.15, -0.1) is 0 Å². The molecule has 0 atom stereocenters. The first-order chi connectivity index (χ1) is 5.77. The van der Waals surface area contributed by atoms with Gasteiger partial charge in [0.2, 0.25) is 0 Å². The molecule has 4 heteroatoms. The van der Waals surface area contributed by atoms with E-state index < -0.39 is 5.97 Å². The number of nitrogens with two attached hydrogens (primary N) is 2. The van der Waals surface area contributed by atoms with Crippen molar-refractivity contribution in [2.45, 2.75) is 45.4 Å². The normalized spacial score (nSPS) is 8.58. The van der Waals surface area contributed by atoms with Gasteiger partial charge in [-0.2, -0.15) is 0 Å². The predicted octanol–water partition coefficient (Wildman–Crippen LogP) is 1.25. The Balaban J connectivity index is 0. The van der Waals surface area contributed by atoms with Gasteiger partial charge in [0.15, 0.2) is 0 Å². The van der Waals surface area contributed by atoms with Gasteiger partial charge in [0.1, 0.15) is 0 Å². The molecular formula is C8H20N2O2. The van der Waals surface area contributed by atoms with E-state index in [2.05, 4.69) is 18.6 Å². The zero-order chi connectivity index (χ0) is 9.82. The van der Waals surface area contributed by atoms with Crippen LogP contribution in [0.5, 0.6) is 0 Å². The Hall–Kier alpha value is -0.610. The number of hydrogen-bond acceptors (Lipinski definition) is 3. The summed E-state index contributed by atoms with van der Waals surface area (Å²) in [5, 5.41) is 8.27. The first kappa shape index (κ1) is 13.9. The second-order valence-electron chi connectivity index (χ2n) is 2.56. The minimum absolute atomic E-state index is 0.337. The molecule has 0 bridgehead atoms. The van der Waals surface area contributed by atoms with E-state index in [-0.39, 0.29) is 0 Å². The SMILES string of the molecule is CCCCCCCC(=O)O.NN. The van der Waals surface area contributed by atoms with Gasteiger partial charge < -0.3 is 5.11 Å². The molecule has 0 aromatic carbocycles. The van der Waals surface area contributed by atoms with E-state index in [0.717, 1.165) is 12.8 Å². The standard InChI is InChI=1S/C8H16O2.H4N2/c1-2-3-4-5-6-7-8(9)10;1-2/h2-7H2,1H3,(H,9,10);1-2H2. The lowest BCUT2D eigenvalue weighted by Crippen LogP contribution is -2.02. The van der Waals surface area contributed by atoms with Crippen molar-refractivity contribution >= 4 is 5.97 Å². The lowest BCUT2D eigenvalue weighted by atomic mass is 10.1. The zero-order valence-electron chi connectivity index (χ0n) is 7.75. The van der Waals surface area contributed by atoms with Crippen LogP contribution in [0.15, 0.2) is 0 Å². The van der Waals surface area contributed by atoms with Crippen molar-refractivity contribution in [1.82, 2.24) is 0 Å². The van der Waals surface area contributed by atoms with Crippen molar-refractivity contribution < 1.29 is 9.90 Å². The average Bonchev–Trinajstić information content (AvgIpc) is 2.07. The number of carboxylic acid groups (broad SMARTS) is 1. The molecule has 0 amide bonds. The highest BCUT2D eigenvalue weighted by Gasteiger charge is 1.94. The van der Waals surface area contributed by atoms with Gasteiger partial charge in [-0.05, 0) is 6.42 Å². The summed E-state index contributed by atoms with van der Waals surface area (Å²) in [6.07, 6.45) is 5.88. The summed E-state index contributed by atoms with van der Waals surface area (Å²) in [5.41, 5.74) is 0. The number of carboxylic acids is 1. The Kier molecular flexibility index (Phi) is 15.1. The highest BCUT2D eigenvalue weighted by atomic mass is 16.4. The first-order valence-electron chi connectivity index (χ1n) is 4.32. The van der Waals surface area contributed by atoms with Crippen molar-refractivity contribution in [3.8, 4) is 0 Å². The number of rotatable bonds is 6. The third-order valence-corrected chi connectivity index (χ3v) is 1.49. The van der Waals surface area contributed by atoms with Crippen LogP contribution in [0, 0.1) is 0 Å². The molecule has 0 aliphatic heterocycles. The Morgan fingerprint density at radius 3 is 2.08 bits per heavy atom. The minimum Gasteiger partial charge on any atom is -0.481 e. The molecule has 0 aromatic heterocycles. The Morgan fingerprint density at radius 2 is 1.67 bits per heavy atom. The van der Waals surface area contributed by atoms with Gasteiger partial charge in [0.25, 0.3) is 0 Å². The van der Waals surface area contributed by atoms with Crippen LogP contribution < -0.4 is 11.7 Å². The van der Waals surface area contributed by atoms with E-state index in [0.29, 0.717) is 6.42 Å². The van der Waals surface area contributed by atoms with E-state index in [1.54, 1.807) is 0 Å². The maximum Gasteiger partial charge on any atom is 0.303 e. The first-order valence-corrected chi connectivity index (χ1v) is 4.32. The Morgan fingerprint density at radius 1 is 1.17 bits per heavy atom. The van der Waals surface area contributed by atoms with Crippen LogP contribution in [0.1, 0.15) is 45.4 Å². The average molecular weight is 176 g/mol. The topological polar surface area (TPSA) is 89.3 Å². The van der Waals surface area contributed by atoms with Gasteiger partial charge in [-0.25, -0.2) is 0 Å². The molecule has 0 aliphatic carbocycles. The second kappa shape index (κ2) is 13.0. The molecule has 0 aromatic rings. The van der Waals surface area contributed by atoms with Crippen molar-refractivity contribution in [2.24, 2.45) is 11.7 Å². The summed E-state index contributed by atoms with van der Waals surface area (Å²) in [4.78, 5) is 10.0. The lowest BCUT2D eigenvalue weighted by molar-refractivity contribution is -0.137. The molecule has 12 heavy (non-hydrogen) atoms. The maximum absolute atomic E-state index is 10.0. The van der Waals surface area contributed by atoms with Crippen LogP contribution in [0.25, 0.3) is 0 Å². The van der Waals surface area contributed by atoms with Gasteiger partial charge in [0.05, 0.1) is 0 Å². The fourth-order valence-corrected chi connectivity index (χ4v) is 0.880. The Bertz CT molecular complexity index is 97.1. The largest absolute Gasteiger partial charge is 0.481 e. The van der Waals surface area contributed by atoms with Crippen LogP contribution in [-0.4, -0.2) is 11.1 Å². The number of hydrazine groups is 1. The number of aliphatic carboxylic acids is 1. The fraction of sp³-hybridized carbons (Fsp3) is 0.875. The highest BCUT2D eigenvalue weighted by molar-refractivity contribution is 5.66. The van der Waals surface area contributed by atoms with E-state index in [1.165, 1.54) is 19.3 Å². The summed E-state index contributed by atoms with van der Waals surface area (Å²) >= 11 is 0. The van der Waals surface area contributed by atoms with Crippen LogP contribution in [-0.2, 0) is 4.79 Å². The minimum atomic E-state index is -0.670. The molecule has 74 valence electrons. The highest BCUT2D eigenvalue weighted by Crippen LogP contribution is 2.04. The molecule has 0 heterocycles. The fourth-order valence-electron chi connectivity index (χ4n) is 0.880.